The van der Waals surface area contributed by atoms with Gasteiger partial charge in [-0.1, -0.05) is 43.7 Å². The van der Waals surface area contributed by atoms with Crippen LogP contribution in [0.15, 0.2) is 30.3 Å². The molecule has 2 rings (SSSR count). The summed E-state index contributed by atoms with van der Waals surface area (Å²) >= 11 is 0. The topological polar surface area (TPSA) is 12.0 Å². The maximum Gasteiger partial charge on any atom is 0.0205 e. The van der Waals surface area contributed by atoms with Gasteiger partial charge in [0, 0.05) is 13.1 Å². The Kier molecular flexibility index (Phi) is 3.42. The summed E-state index contributed by atoms with van der Waals surface area (Å²) in [6.45, 7) is 4.51. The highest BCUT2D eigenvalue weighted by Gasteiger charge is 2.40. The van der Waals surface area contributed by atoms with Gasteiger partial charge in [-0.25, -0.2) is 0 Å². The van der Waals surface area contributed by atoms with Crippen molar-refractivity contribution in [2.75, 3.05) is 6.54 Å². The van der Waals surface area contributed by atoms with Crippen LogP contribution in [0.25, 0.3) is 0 Å². The highest BCUT2D eigenvalue weighted by atomic mass is 14.9. The fourth-order valence-corrected chi connectivity index (χ4v) is 2.29. The zero-order valence-electron chi connectivity index (χ0n) is 9.63. The van der Waals surface area contributed by atoms with Crippen LogP contribution in [0.2, 0.25) is 0 Å². The van der Waals surface area contributed by atoms with E-state index >= 15 is 0 Å². The van der Waals surface area contributed by atoms with Crippen LogP contribution in [0.1, 0.15) is 38.2 Å². The summed E-state index contributed by atoms with van der Waals surface area (Å²) in [5.74, 6) is 0. The summed E-state index contributed by atoms with van der Waals surface area (Å²) in [6.07, 6.45) is 5.59. The van der Waals surface area contributed by atoms with Crippen LogP contribution in [-0.2, 0) is 6.54 Å². The van der Waals surface area contributed by atoms with Crippen LogP contribution in [-0.4, -0.2) is 6.54 Å². The van der Waals surface area contributed by atoms with Gasteiger partial charge in [0.15, 0.2) is 0 Å². The van der Waals surface area contributed by atoms with Crippen molar-refractivity contribution in [3.05, 3.63) is 35.9 Å². The fourth-order valence-electron chi connectivity index (χ4n) is 2.29. The van der Waals surface area contributed by atoms with E-state index in [-0.39, 0.29) is 0 Å². The molecule has 0 aromatic heterocycles. The van der Waals surface area contributed by atoms with Gasteiger partial charge in [-0.2, -0.15) is 0 Å². The minimum absolute atomic E-state index is 0.670. The van der Waals surface area contributed by atoms with Gasteiger partial charge in [0.25, 0.3) is 0 Å². The van der Waals surface area contributed by atoms with Crippen LogP contribution in [0.4, 0.5) is 0 Å². The van der Waals surface area contributed by atoms with Crippen LogP contribution in [0.3, 0.4) is 0 Å². The number of hydrogen-bond donors (Lipinski definition) is 1. The second-order valence-corrected chi connectivity index (χ2v) is 4.84. The van der Waals surface area contributed by atoms with Crippen molar-refractivity contribution in [1.29, 1.82) is 0 Å². The molecule has 0 saturated heterocycles. The summed E-state index contributed by atoms with van der Waals surface area (Å²) in [6, 6.07) is 10.7. The molecule has 15 heavy (non-hydrogen) atoms. The van der Waals surface area contributed by atoms with Crippen LogP contribution in [0, 0.1) is 5.41 Å². The van der Waals surface area contributed by atoms with Crippen molar-refractivity contribution in [3.8, 4) is 0 Å². The van der Waals surface area contributed by atoms with Crippen molar-refractivity contribution in [2.45, 2.75) is 39.2 Å². The zero-order chi connectivity index (χ0) is 10.6. The lowest BCUT2D eigenvalue weighted by atomic mass is 10.0. The number of rotatable bonds is 6. The summed E-state index contributed by atoms with van der Waals surface area (Å²) in [5, 5.41) is 3.59. The van der Waals surface area contributed by atoms with Gasteiger partial charge in [-0.3, -0.25) is 0 Å². The van der Waals surface area contributed by atoms with E-state index in [0.717, 1.165) is 6.54 Å². The molecular formula is C14H21N. The van der Waals surface area contributed by atoms with Gasteiger partial charge >= 0.3 is 0 Å². The molecule has 1 aromatic carbocycles. The van der Waals surface area contributed by atoms with Gasteiger partial charge in [0.1, 0.15) is 0 Å². The van der Waals surface area contributed by atoms with Gasteiger partial charge in [-0.05, 0) is 30.2 Å². The molecule has 1 saturated carbocycles. The third kappa shape index (κ3) is 3.07. The first kappa shape index (κ1) is 10.7. The normalized spacial score (nSPS) is 17.7. The monoisotopic (exact) mass is 203 g/mol. The number of hydrogen-bond acceptors (Lipinski definition) is 1. The SMILES string of the molecule is CCCC1(CNCc2ccccc2)CC1. The van der Waals surface area contributed by atoms with E-state index in [1.807, 2.05) is 0 Å². The highest BCUT2D eigenvalue weighted by molar-refractivity contribution is 5.14. The first-order valence-corrected chi connectivity index (χ1v) is 6.09. The molecule has 1 aliphatic carbocycles. The molecule has 1 N–H and O–H groups in total. The molecule has 1 heteroatoms. The molecule has 0 unspecified atom stereocenters. The van der Waals surface area contributed by atoms with Gasteiger partial charge < -0.3 is 5.32 Å². The third-order valence-electron chi connectivity index (χ3n) is 3.41. The first-order chi connectivity index (χ1) is 7.35. The Balaban J connectivity index is 1.71. The zero-order valence-corrected chi connectivity index (χ0v) is 9.63. The van der Waals surface area contributed by atoms with Crippen molar-refractivity contribution in [3.63, 3.8) is 0 Å². The minimum atomic E-state index is 0.670. The predicted octanol–water partition coefficient (Wildman–Crippen LogP) is 3.36. The molecule has 0 amide bonds. The Morgan fingerprint density at radius 2 is 1.93 bits per heavy atom. The standard InChI is InChI=1S/C14H21N/c1-2-8-14(9-10-14)12-15-11-13-6-4-3-5-7-13/h3-7,15H,2,8-12H2,1H3. The molecule has 82 valence electrons. The van der Waals surface area contributed by atoms with Crippen molar-refractivity contribution in [1.82, 2.24) is 5.32 Å². The van der Waals surface area contributed by atoms with Crippen molar-refractivity contribution < 1.29 is 0 Å². The van der Waals surface area contributed by atoms with E-state index in [4.69, 9.17) is 0 Å². The molecule has 0 bridgehead atoms. The average molecular weight is 203 g/mol. The van der Waals surface area contributed by atoms with Crippen LogP contribution >= 0.6 is 0 Å². The third-order valence-corrected chi connectivity index (χ3v) is 3.41. The molecule has 1 aliphatic rings. The number of benzene rings is 1. The van der Waals surface area contributed by atoms with Gasteiger partial charge in [0.2, 0.25) is 0 Å². The lowest BCUT2D eigenvalue weighted by Gasteiger charge is -2.14. The smallest absolute Gasteiger partial charge is 0.0205 e. The minimum Gasteiger partial charge on any atom is -0.312 e. The lowest BCUT2D eigenvalue weighted by Crippen LogP contribution is -2.23. The van der Waals surface area contributed by atoms with Gasteiger partial charge in [-0.15, -0.1) is 0 Å². The van der Waals surface area contributed by atoms with E-state index < -0.39 is 0 Å². The first-order valence-electron chi connectivity index (χ1n) is 6.09. The maximum atomic E-state index is 3.59. The van der Waals surface area contributed by atoms with E-state index in [1.54, 1.807) is 0 Å². The molecular weight excluding hydrogens is 182 g/mol. The van der Waals surface area contributed by atoms with Crippen molar-refractivity contribution in [2.24, 2.45) is 5.41 Å². The molecule has 0 radical (unpaired) electrons. The summed E-state index contributed by atoms with van der Waals surface area (Å²) in [7, 11) is 0. The van der Waals surface area contributed by atoms with Crippen LogP contribution in [0.5, 0.6) is 0 Å². The van der Waals surface area contributed by atoms with Crippen LogP contribution < -0.4 is 5.32 Å². The van der Waals surface area contributed by atoms with E-state index in [1.165, 1.54) is 37.8 Å². The second-order valence-electron chi connectivity index (χ2n) is 4.84. The Morgan fingerprint density at radius 1 is 1.20 bits per heavy atom. The Bertz CT molecular complexity index is 287. The molecule has 0 spiro atoms. The average Bonchev–Trinajstić information content (AvgIpc) is 3.00. The summed E-state index contributed by atoms with van der Waals surface area (Å²) in [5.41, 5.74) is 2.06. The molecule has 1 fully saturated rings. The Labute approximate surface area is 92.9 Å². The van der Waals surface area contributed by atoms with Crippen molar-refractivity contribution >= 4 is 0 Å². The van der Waals surface area contributed by atoms with Gasteiger partial charge in [0.05, 0.1) is 0 Å². The predicted molar refractivity (Wildman–Crippen MR) is 64.7 cm³/mol. The molecule has 1 nitrogen and oxygen atoms in total. The molecule has 0 atom stereocenters. The highest BCUT2D eigenvalue weighted by Crippen LogP contribution is 2.48. The molecule has 0 heterocycles. The van der Waals surface area contributed by atoms with E-state index in [9.17, 15) is 0 Å². The molecule has 1 aromatic rings. The molecule has 0 aliphatic heterocycles. The van der Waals surface area contributed by atoms with E-state index in [0.29, 0.717) is 5.41 Å². The second kappa shape index (κ2) is 4.80. The number of nitrogens with one attached hydrogen (secondary N) is 1. The van der Waals surface area contributed by atoms with E-state index in [2.05, 4.69) is 42.6 Å². The quantitative estimate of drug-likeness (QED) is 0.747. The lowest BCUT2D eigenvalue weighted by molar-refractivity contribution is 0.421. The largest absolute Gasteiger partial charge is 0.312 e. The maximum absolute atomic E-state index is 3.59. The summed E-state index contributed by atoms with van der Waals surface area (Å²) < 4.78 is 0. The Morgan fingerprint density at radius 3 is 2.53 bits per heavy atom. The summed E-state index contributed by atoms with van der Waals surface area (Å²) in [4.78, 5) is 0. The fraction of sp³-hybridized carbons (Fsp3) is 0.571. The Hall–Kier alpha value is -0.820.